The summed E-state index contributed by atoms with van der Waals surface area (Å²) in [5.41, 5.74) is 11.4. The van der Waals surface area contributed by atoms with Gasteiger partial charge in [0.2, 0.25) is 0 Å². The third kappa shape index (κ3) is 3.72. The number of likely N-dealkylation sites (N-methyl/N-ethyl adjacent to an activating group) is 1. The molecule has 1 fully saturated rings. The van der Waals surface area contributed by atoms with E-state index in [0.29, 0.717) is 0 Å². The van der Waals surface area contributed by atoms with Gasteiger partial charge in [0.05, 0.1) is 26.7 Å². The lowest BCUT2D eigenvalue weighted by Gasteiger charge is -2.44. The summed E-state index contributed by atoms with van der Waals surface area (Å²) in [6.45, 7) is 2.74. The summed E-state index contributed by atoms with van der Waals surface area (Å²) in [7, 11) is 4.69. The molecule has 16 heavy (non-hydrogen) atoms. The summed E-state index contributed by atoms with van der Waals surface area (Å²) < 4.78 is 1.10. The van der Waals surface area contributed by atoms with Gasteiger partial charge in [-0.05, 0) is 38.6 Å². The highest BCUT2D eigenvalue weighted by Gasteiger charge is 2.36. The SMILES string of the molecule is C[N+](C)(CCN)C1CCCCC1CCCN. The van der Waals surface area contributed by atoms with Crippen LogP contribution in [0.5, 0.6) is 0 Å². The first-order valence-electron chi connectivity index (χ1n) is 6.84. The molecule has 4 N–H and O–H groups in total. The maximum absolute atomic E-state index is 5.73. The van der Waals surface area contributed by atoms with Crippen molar-refractivity contribution in [3.05, 3.63) is 0 Å². The normalized spacial score (nSPS) is 27.0. The van der Waals surface area contributed by atoms with Gasteiger partial charge in [-0.3, -0.25) is 0 Å². The van der Waals surface area contributed by atoms with Gasteiger partial charge < -0.3 is 16.0 Å². The van der Waals surface area contributed by atoms with E-state index in [0.717, 1.165) is 36.1 Å². The Morgan fingerprint density at radius 2 is 1.75 bits per heavy atom. The van der Waals surface area contributed by atoms with Crippen molar-refractivity contribution in [2.24, 2.45) is 17.4 Å². The van der Waals surface area contributed by atoms with Gasteiger partial charge in [0.25, 0.3) is 0 Å². The minimum absolute atomic E-state index is 0.799. The average molecular weight is 228 g/mol. The molecule has 1 aliphatic carbocycles. The fraction of sp³-hybridized carbons (Fsp3) is 1.00. The van der Waals surface area contributed by atoms with Gasteiger partial charge in [-0.15, -0.1) is 0 Å². The summed E-state index contributed by atoms with van der Waals surface area (Å²) in [6.07, 6.45) is 8.08. The van der Waals surface area contributed by atoms with Crippen LogP contribution in [0.15, 0.2) is 0 Å². The Morgan fingerprint density at radius 3 is 2.38 bits per heavy atom. The molecule has 0 radical (unpaired) electrons. The highest BCUT2D eigenvalue weighted by atomic mass is 15.3. The van der Waals surface area contributed by atoms with Crippen LogP contribution in [0.25, 0.3) is 0 Å². The smallest absolute Gasteiger partial charge is 0.0915 e. The Bertz CT molecular complexity index is 192. The van der Waals surface area contributed by atoms with Crippen LogP contribution in [0.4, 0.5) is 0 Å². The lowest BCUT2D eigenvalue weighted by atomic mass is 9.80. The molecule has 2 unspecified atom stereocenters. The third-order valence-electron chi connectivity index (χ3n) is 4.25. The minimum Gasteiger partial charge on any atom is -0.330 e. The van der Waals surface area contributed by atoms with Gasteiger partial charge >= 0.3 is 0 Å². The number of rotatable bonds is 6. The Hall–Kier alpha value is -0.120. The molecular weight excluding hydrogens is 198 g/mol. The molecule has 0 spiro atoms. The van der Waals surface area contributed by atoms with Crippen molar-refractivity contribution in [2.45, 2.75) is 44.6 Å². The van der Waals surface area contributed by atoms with Crippen LogP contribution >= 0.6 is 0 Å². The van der Waals surface area contributed by atoms with E-state index in [2.05, 4.69) is 14.1 Å². The molecule has 96 valence electrons. The summed E-state index contributed by atoms with van der Waals surface area (Å²) in [5, 5.41) is 0. The second-order valence-corrected chi connectivity index (χ2v) is 5.83. The number of quaternary nitrogens is 1. The van der Waals surface area contributed by atoms with E-state index >= 15 is 0 Å². The Morgan fingerprint density at radius 1 is 1.06 bits per heavy atom. The topological polar surface area (TPSA) is 52.0 Å². The first-order chi connectivity index (χ1) is 7.61. The second kappa shape index (κ2) is 6.58. The fourth-order valence-electron chi connectivity index (χ4n) is 3.32. The van der Waals surface area contributed by atoms with Gasteiger partial charge in [-0.1, -0.05) is 6.42 Å². The monoisotopic (exact) mass is 228 g/mol. The molecule has 1 aliphatic rings. The quantitative estimate of drug-likeness (QED) is 0.674. The molecule has 0 aromatic rings. The average Bonchev–Trinajstić information content (AvgIpc) is 2.26. The Kier molecular flexibility index (Phi) is 5.73. The molecule has 1 saturated carbocycles. The molecule has 0 aromatic carbocycles. The van der Waals surface area contributed by atoms with E-state index < -0.39 is 0 Å². The van der Waals surface area contributed by atoms with E-state index in [1.54, 1.807) is 0 Å². The van der Waals surface area contributed by atoms with Crippen LogP contribution in [0.1, 0.15) is 38.5 Å². The van der Waals surface area contributed by atoms with Gasteiger partial charge in [0.1, 0.15) is 0 Å². The van der Waals surface area contributed by atoms with Crippen LogP contribution in [0.3, 0.4) is 0 Å². The highest BCUT2D eigenvalue weighted by molar-refractivity contribution is 4.76. The van der Waals surface area contributed by atoms with Crippen molar-refractivity contribution >= 4 is 0 Å². The molecule has 1 rings (SSSR count). The third-order valence-corrected chi connectivity index (χ3v) is 4.25. The van der Waals surface area contributed by atoms with Gasteiger partial charge in [-0.25, -0.2) is 0 Å². The summed E-state index contributed by atoms with van der Waals surface area (Å²) in [6, 6.07) is 0.809. The van der Waals surface area contributed by atoms with Crippen molar-refractivity contribution in [2.75, 3.05) is 33.7 Å². The summed E-state index contributed by atoms with van der Waals surface area (Å²) in [5.74, 6) is 0.874. The molecule has 0 saturated heterocycles. The predicted molar refractivity (Wildman–Crippen MR) is 70.1 cm³/mol. The van der Waals surface area contributed by atoms with Gasteiger partial charge in [0.15, 0.2) is 0 Å². The van der Waals surface area contributed by atoms with Crippen molar-refractivity contribution in [1.29, 1.82) is 0 Å². The zero-order valence-corrected chi connectivity index (χ0v) is 11.1. The summed E-state index contributed by atoms with van der Waals surface area (Å²) >= 11 is 0. The van der Waals surface area contributed by atoms with Crippen molar-refractivity contribution in [3.63, 3.8) is 0 Å². The largest absolute Gasteiger partial charge is 0.330 e. The number of nitrogens with two attached hydrogens (primary N) is 2. The van der Waals surface area contributed by atoms with Crippen LogP contribution in [0.2, 0.25) is 0 Å². The molecule has 0 aromatic heterocycles. The fourth-order valence-corrected chi connectivity index (χ4v) is 3.32. The summed E-state index contributed by atoms with van der Waals surface area (Å²) in [4.78, 5) is 0. The van der Waals surface area contributed by atoms with Crippen molar-refractivity contribution in [1.82, 2.24) is 0 Å². The van der Waals surface area contributed by atoms with E-state index in [1.807, 2.05) is 0 Å². The zero-order chi connectivity index (χ0) is 12.0. The van der Waals surface area contributed by atoms with Gasteiger partial charge in [0, 0.05) is 12.5 Å². The lowest BCUT2D eigenvalue weighted by Crippen LogP contribution is -2.55. The van der Waals surface area contributed by atoms with Gasteiger partial charge in [-0.2, -0.15) is 0 Å². The predicted octanol–water partition coefficient (Wildman–Crippen LogP) is 1.32. The molecule has 0 aliphatic heterocycles. The highest BCUT2D eigenvalue weighted by Crippen LogP contribution is 2.33. The zero-order valence-electron chi connectivity index (χ0n) is 11.1. The van der Waals surface area contributed by atoms with E-state index in [4.69, 9.17) is 11.5 Å². The Labute approximate surface area is 101 Å². The van der Waals surface area contributed by atoms with Crippen LogP contribution in [-0.4, -0.2) is 44.3 Å². The molecule has 0 bridgehead atoms. The second-order valence-electron chi connectivity index (χ2n) is 5.83. The molecule has 3 heteroatoms. The first kappa shape index (κ1) is 13.9. The van der Waals surface area contributed by atoms with E-state index in [9.17, 15) is 0 Å². The van der Waals surface area contributed by atoms with Crippen molar-refractivity contribution < 1.29 is 4.48 Å². The first-order valence-corrected chi connectivity index (χ1v) is 6.84. The standard InChI is InChI=1S/C13H30N3/c1-16(2,11-10-15)13-8-4-3-6-12(13)7-5-9-14/h12-13H,3-11,14-15H2,1-2H3/q+1. The number of hydrogen-bond acceptors (Lipinski definition) is 2. The van der Waals surface area contributed by atoms with Crippen LogP contribution in [-0.2, 0) is 0 Å². The maximum atomic E-state index is 5.73. The van der Waals surface area contributed by atoms with E-state index in [-0.39, 0.29) is 0 Å². The minimum atomic E-state index is 0.799. The molecule has 3 nitrogen and oxygen atoms in total. The lowest BCUT2D eigenvalue weighted by molar-refractivity contribution is -0.919. The van der Waals surface area contributed by atoms with Crippen LogP contribution < -0.4 is 11.5 Å². The Balaban J connectivity index is 2.57. The number of hydrogen-bond donors (Lipinski definition) is 2. The maximum Gasteiger partial charge on any atom is 0.0915 e. The number of nitrogens with zero attached hydrogens (tertiary/aromatic N) is 1. The van der Waals surface area contributed by atoms with E-state index in [1.165, 1.54) is 38.5 Å². The molecular formula is C13H30N3+. The molecule has 2 atom stereocenters. The molecule has 0 heterocycles. The van der Waals surface area contributed by atoms with Crippen molar-refractivity contribution in [3.8, 4) is 0 Å². The molecule has 0 amide bonds. The van der Waals surface area contributed by atoms with Crippen LogP contribution in [0, 0.1) is 5.92 Å².